The maximum Gasteiger partial charge on any atom is 0.0289 e. The first-order valence-electron chi connectivity index (χ1n) is 6.63. The second kappa shape index (κ2) is 4.71. The Morgan fingerprint density at radius 1 is 0.550 bits per heavy atom. The van der Waals surface area contributed by atoms with Crippen LogP contribution in [-0.4, -0.2) is 0 Å². The predicted octanol–water partition coefficient (Wildman–Crippen LogP) is 6.37. The molecule has 0 nitrogen and oxygen atoms in total. The highest BCUT2D eigenvalue weighted by Crippen LogP contribution is 2.38. The molecular formula is C18H12Br2. The number of halogens is 2. The van der Waals surface area contributed by atoms with Gasteiger partial charge in [0.2, 0.25) is 0 Å². The zero-order valence-corrected chi connectivity index (χ0v) is 14.0. The van der Waals surface area contributed by atoms with Crippen LogP contribution in [0.25, 0.3) is 32.3 Å². The van der Waals surface area contributed by atoms with Gasteiger partial charge in [-0.1, -0.05) is 80.4 Å². The lowest BCUT2D eigenvalue weighted by molar-refractivity contribution is 1.49. The molecule has 0 spiro atoms. The van der Waals surface area contributed by atoms with E-state index in [2.05, 4.69) is 80.4 Å². The first-order valence-corrected chi connectivity index (χ1v) is 8.88. The van der Waals surface area contributed by atoms with Crippen LogP contribution in [0.15, 0.2) is 48.5 Å². The summed E-state index contributed by atoms with van der Waals surface area (Å²) >= 11 is 7.21. The summed E-state index contributed by atoms with van der Waals surface area (Å²) < 4.78 is 0. The minimum absolute atomic E-state index is 0.895. The quantitative estimate of drug-likeness (QED) is 0.276. The van der Waals surface area contributed by atoms with Crippen molar-refractivity contribution in [3.63, 3.8) is 0 Å². The van der Waals surface area contributed by atoms with Crippen molar-refractivity contribution in [2.24, 2.45) is 0 Å². The van der Waals surface area contributed by atoms with Crippen molar-refractivity contribution in [3.05, 3.63) is 59.7 Å². The average molecular weight is 388 g/mol. The third-order valence-electron chi connectivity index (χ3n) is 4.13. The Balaban J connectivity index is 2.33. The molecule has 0 aliphatic carbocycles. The number of benzene rings is 4. The molecular weight excluding hydrogens is 376 g/mol. The number of alkyl halides is 2. The van der Waals surface area contributed by atoms with E-state index in [4.69, 9.17) is 0 Å². The Labute approximate surface area is 134 Å². The zero-order valence-electron chi connectivity index (χ0n) is 10.8. The van der Waals surface area contributed by atoms with E-state index >= 15 is 0 Å². The third-order valence-corrected chi connectivity index (χ3v) is 5.34. The van der Waals surface area contributed by atoms with Gasteiger partial charge < -0.3 is 0 Å². The molecule has 0 atom stereocenters. The Hall–Kier alpha value is -1.12. The summed E-state index contributed by atoms with van der Waals surface area (Å²) in [4.78, 5) is 0. The summed E-state index contributed by atoms with van der Waals surface area (Å²) in [6.07, 6.45) is 0. The highest BCUT2D eigenvalue weighted by Gasteiger charge is 2.11. The second-order valence-corrected chi connectivity index (χ2v) is 6.26. The van der Waals surface area contributed by atoms with Crippen LogP contribution in [0.3, 0.4) is 0 Å². The first kappa shape index (κ1) is 12.6. The van der Waals surface area contributed by atoms with Crippen molar-refractivity contribution in [1.29, 1.82) is 0 Å². The molecule has 0 aliphatic rings. The van der Waals surface area contributed by atoms with Gasteiger partial charge in [0.05, 0.1) is 0 Å². The number of hydrogen-bond acceptors (Lipinski definition) is 0. The third kappa shape index (κ3) is 1.64. The van der Waals surface area contributed by atoms with Crippen molar-refractivity contribution in [2.45, 2.75) is 10.7 Å². The maximum absolute atomic E-state index is 3.61. The SMILES string of the molecule is BrCc1ccc2ccc3c(CBr)ccc4ccc1c2c43. The molecule has 98 valence electrons. The largest absolute Gasteiger partial charge is 0.0876 e. The molecule has 4 rings (SSSR count). The summed E-state index contributed by atoms with van der Waals surface area (Å²) in [5, 5.41) is 9.98. The molecule has 0 aromatic heterocycles. The van der Waals surface area contributed by atoms with Crippen LogP contribution >= 0.6 is 31.9 Å². The van der Waals surface area contributed by atoms with Gasteiger partial charge in [-0.25, -0.2) is 0 Å². The van der Waals surface area contributed by atoms with Crippen LogP contribution in [0.4, 0.5) is 0 Å². The monoisotopic (exact) mass is 386 g/mol. The van der Waals surface area contributed by atoms with E-state index in [9.17, 15) is 0 Å². The van der Waals surface area contributed by atoms with Crippen molar-refractivity contribution in [2.75, 3.05) is 0 Å². The van der Waals surface area contributed by atoms with Crippen LogP contribution in [0.5, 0.6) is 0 Å². The van der Waals surface area contributed by atoms with Crippen LogP contribution in [0.1, 0.15) is 11.1 Å². The van der Waals surface area contributed by atoms with Crippen molar-refractivity contribution in [1.82, 2.24) is 0 Å². The van der Waals surface area contributed by atoms with Crippen molar-refractivity contribution < 1.29 is 0 Å². The van der Waals surface area contributed by atoms with Gasteiger partial charge in [-0.3, -0.25) is 0 Å². The lowest BCUT2D eigenvalue weighted by Gasteiger charge is -2.14. The normalized spacial score (nSPS) is 11.9. The molecule has 0 unspecified atom stereocenters. The molecule has 4 aromatic rings. The van der Waals surface area contributed by atoms with Crippen molar-refractivity contribution >= 4 is 64.2 Å². The van der Waals surface area contributed by atoms with Crippen LogP contribution in [0, 0.1) is 0 Å². The summed E-state index contributed by atoms with van der Waals surface area (Å²) in [6, 6.07) is 17.9. The van der Waals surface area contributed by atoms with E-state index in [1.165, 1.54) is 43.4 Å². The minimum atomic E-state index is 0.895. The zero-order chi connectivity index (χ0) is 13.7. The van der Waals surface area contributed by atoms with Crippen LogP contribution in [-0.2, 0) is 10.7 Å². The van der Waals surface area contributed by atoms with Crippen molar-refractivity contribution in [3.8, 4) is 0 Å². The smallest absolute Gasteiger partial charge is 0.0289 e. The Bertz CT molecular complexity index is 847. The lowest BCUT2D eigenvalue weighted by atomic mass is 9.91. The molecule has 0 N–H and O–H groups in total. The molecule has 0 fully saturated rings. The van der Waals surface area contributed by atoms with Gasteiger partial charge in [0.1, 0.15) is 0 Å². The molecule has 0 bridgehead atoms. The van der Waals surface area contributed by atoms with E-state index in [1.807, 2.05) is 0 Å². The van der Waals surface area contributed by atoms with E-state index in [1.54, 1.807) is 0 Å². The highest BCUT2D eigenvalue weighted by molar-refractivity contribution is 9.08. The summed E-state index contributed by atoms with van der Waals surface area (Å²) in [5.41, 5.74) is 2.72. The fourth-order valence-corrected chi connectivity index (χ4v) is 4.13. The lowest BCUT2D eigenvalue weighted by Crippen LogP contribution is -1.90. The summed E-state index contributed by atoms with van der Waals surface area (Å²) in [6.45, 7) is 0. The van der Waals surface area contributed by atoms with E-state index in [0.29, 0.717) is 0 Å². The molecule has 2 heteroatoms. The van der Waals surface area contributed by atoms with E-state index < -0.39 is 0 Å². The first-order chi connectivity index (χ1) is 9.83. The second-order valence-electron chi connectivity index (χ2n) is 5.14. The standard InChI is InChI=1S/C18H12Br2/c19-9-13-3-1-11-5-7-16-14(10-20)4-2-12-6-8-15(13)17(11)18(12)16/h1-8H,9-10H2. The Kier molecular flexibility index (Phi) is 2.97. The van der Waals surface area contributed by atoms with Gasteiger partial charge >= 0.3 is 0 Å². The molecule has 20 heavy (non-hydrogen) atoms. The highest BCUT2D eigenvalue weighted by atomic mass is 79.9. The molecule has 0 radical (unpaired) electrons. The summed E-state index contributed by atoms with van der Waals surface area (Å²) in [5.74, 6) is 0. The number of rotatable bonds is 2. The maximum atomic E-state index is 3.61. The van der Waals surface area contributed by atoms with Gasteiger partial charge in [0.25, 0.3) is 0 Å². The van der Waals surface area contributed by atoms with E-state index in [-0.39, 0.29) is 0 Å². The van der Waals surface area contributed by atoms with Crippen LogP contribution < -0.4 is 0 Å². The van der Waals surface area contributed by atoms with Gasteiger partial charge in [-0.2, -0.15) is 0 Å². The van der Waals surface area contributed by atoms with E-state index in [0.717, 1.165) is 10.7 Å². The van der Waals surface area contributed by atoms with Gasteiger partial charge in [-0.05, 0) is 43.4 Å². The predicted molar refractivity (Wildman–Crippen MR) is 95.4 cm³/mol. The molecule has 4 aromatic carbocycles. The molecule has 0 heterocycles. The van der Waals surface area contributed by atoms with Crippen LogP contribution in [0.2, 0.25) is 0 Å². The molecule has 0 saturated heterocycles. The molecule has 0 saturated carbocycles. The van der Waals surface area contributed by atoms with Gasteiger partial charge in [0, 0.05) is 10.7 Å². The topological polar surface area (TPSA) is 0 Å². The van der Waals surface area contributed by atoms with Gasteiger partial charge in [-0.15, -0.1) is 0 Å². The fraction of sp³-hybridized carbons (Fsp3) is 0.111. The Morgan fingerprint density at radius 2 is 0.950 bits per heavy atom. The summed E-state index contributed by atoms with van der Waals surface area (Å²) in [7, 11) is 0. The fourth-order valence-electron chi connectivity index (χ4n) is 3.15. The van der Waals surface area contributed by atoms with Gasteiger partial charge in [0.15, 0.2) is 0 Å². The molecule has 0 aliphatic heterocycles. The number of hydrogen-bond donors (Lipinski definition) is 0. The molecule has 0 amide bonds. The minimum Gasteiger partial charge on any atom is -0.0876 e. The average Bonchev–Trinajstić information content (AvgIpc) is 2.52. The Morgan fingerprint density at radius 3 is 1.35 bits per heavy atom.